The lowest BCUT2D eigenvalue weighted by Gasteiger charge is -2.37. The van der Waals surface area contributed by atoms with Crippen LogP contribution in [0.3, 0.4) is 0 Å². The van der Waals surface area contributed by atoms with Gasteiger partial charge in [-0.2, -0.15) is 0 Å². The summed E-state index contributed by atoms with van der Waals surface area (Å²) in [4.78, 5) is 95.1. The molecular weight excluding hydrogens is 682 g/mol. The summed E-state index contributed by atoms with van der Waals surface area (Å²) in [7, 11) is 0. The molecule has 4 aliphatic carbocycles. The Balaban J connectivity index is 1.26. The summed E-state index contributed by atoms with van der Waals surface area (Å²) in [5.41, 5.74) is -1.44. The van der Waals surface area contributed by atoms with Crippen molar-refractivity contribution in [3.8, 4) is 0 Å². The fourth-order valence-corrected chi connectivity index (χ4v) is 7.74. The predicted molar refractivity (Wildman–Crippen MR) is 194 cm³/mol. The quantitative estimate of drug-likeness (QED) is 0.128. The van der Waals surface area contributed by atoms with Crippen molar-refractivity contribution in [2.75, 3.05) is 19.7 Å². The number of esters is 2. The van der Waals surface area contributed by atoms with Gasteiger partial charge in [0.15, 0.2) is 0 Å². The van der Waals surface area contributed by atoms with Crippen LogP contribution in [0.1, 0.15) is 107 Å². The zero-order valence-corrected chi connectivity index (χ0v) is 32.8. The highest BCUT2D eigenvalue weighted by molar-refractivity contribution is 6.38. The van der Waals surface area contributed by atoms with Crippen LogP contribution in [0.25, 0.3) is 0 Å². The molecule has 296 valence electrons. The molecule has 4 saturated carbocycles. The topological polar surface area (TPSA) is 189 Å². The van der Waals surface area contributed by atoms with Gasteiger partial charge in [-0.1, -0.05) is 47.5 Å². The van der Waals surface area contributed by atoms with Crippen LogP contribution in [-0.4, -0.2) is 95.8 Å². The average Bonchev–Trinajstić information content (AvgIpc) is 3.86. The molecule has 0 spiro atoms. The molecule has 4 unspecified atom stereocenters. The van der Waals surface area contributed by atoms with Crippen molar-refractivity contribution in [2.24, 2.45) is 46.8 Å². The van der Waals surface area contributed by atoms with Crippen LogP contribution in [0.4, 0.5) is 4.79 Å². The van der Waals surface area contributed by atoms with E-state index in [1.807, 2.05) is 20.8 Å². The highest BCUT2D eigenvalue weighted by atomic mass is 16.6. The normalized spacial score (nSPS) is 25.3. The maximum atomic E-state index is 14.5. The predicted octanol–water partition coefficient (Wildman–Crippen LogP) is 2.86. The molecule has 14 heteroatoms. The van der Waals surface area contributed by atoms with E-state index in [2.05, 4.69) is 35.1 Å². The smallest absolute Gasteiger partial charge is 0.328 e. The minimum Gasteiger partial charge on any atom is -0.464 e. The van der Waals surface area contributed by atoms with Crippen molar-refractivity contribution in [3.05, 3.63) is 0 Å². The molecule has 5 rings (SSSR count). The van der Waals surface area contributed by atoms with E-state index in [1.165, 1.54) is 4.90 Å². The van der Waals surface area contributed by atoms with E-state index >= 15 is 0 Å². The van der Waals surface area contributed by atoms with Crippen molar-refractivity contribution < 1.29 is 43.0 Å². The molecule has 4 N–H and O–H groups in total. The third kappa shape index (κ3) is 10.9. The van der Waals surface area contributed by atoms with Gasteiger partial charge in [0.25, 0.3) is 5.91 Å². The number of nitrogens with zero attached hydrogens (tertiary/aromatic N) is 1. The molecule has 5 aliphatic rings. The molecule has 0 aromatic carbocycles. The van der Waals surface area contributed by atoms with Crippen molar-refractivity contribution >= 4 is 41.5 Å². The zero-order valence-electron chi connectivity index (χ0n) is 32.8. The van der Waals surface area contributed by atoms with Crippen LogP contribution in [-0.2, 0) is 38.2 Å². The lowest BCUT2D eigenvalue weighted by molar-refractivity contribution is -0.155. The van der Waals surface area contributed by atoms with E-state index < -0.39 is 76.7 Å². The van der Waals surface area contributed by atoms with Gasteiger partial charge < -0.3 is 35.6 Å². The number of hydrogen-bond acceptors (Lipinski definition) is 9. The molecule has 0 aromatic rings. The van der Waals surface area contributed by atoms with Gasteiger partial charge in [0.1, 0.15) is 23.7 Å². The number of ether oxygens (including phenoxy) is 2. The fourth-order valence-electron chi connectivity index (χ4n) is 7.74. The van der Waals surface area contributed by atoms with Crippen LogP contribution in [0, 0.1) is 46.8 Å². The number of amides is 5. The average molecular weight is 744 g/mol. The van der Waals surface area contributed by atoms with Gasteiger partial charge in [-0.05, 0) is 99.7 Å². The van der Waals surface area contributed by atoms with Crippen LogP contribution in [0.2, 0.25) is 0 Å². The number of likely N-dealkylation sites (tertiary alicyclic amines) is 1. The highest BCUT2D eigenvalue weighted by Crippen LogP contribution is 2.59. The summed E-state index contributed by atoms with van der Waals surface area (Å²) >= 11 is 0. The number of piperidine rings is 1. The Bertz CT molecular complexity index is 1440. The second-order valence-corrected chi connectivity index (χ2v) is 18.5. The Hall–Kier alpha value is -3.71. The van der Waals surface area contributed by atoms with Gasteiger partial charge in [-0.25, -0.2) is 9.59 Å². The van der Waals surface area contributed by atoms with Crippen molar-refractivity contribution in [3.63, 3.8) is 0 Å². The maximum Gasteiger partial charge on any atom is 0.328 e. The molecule has 0 radical (unpaired) electrons. The van der Waals surface area contributed by atoms with Crippen LogP contribution in [0.5, 0.6) is 0 Å². The minimum absolute atomic E-state index is 0.0127. The summed E-state index contributed by atoms with van der Waals surface area (Å²) in [5.74, 6) is -2.61. The second-order valence-electron chi connectivity index (χ2n) is 18.5. The SMILES string of the molecule is CC(C)C1[C@@H]2C(C(=O)NC(CC3CC3)C(=O)C(=O)NCCC(=O)OC(C)(C)C)N(C(=O)[C@@H](NC(=O)NC(C(=O)OCC3CC3)C3CC3)C(C)(C)C)C[C@H]12. The molecular formula is C39H61N5O9. The van der Waals surface area contributed by atoms with Gasteiger partial charge in [0, 0.05) is 13.1 Å². The first-order valence-corrected chi connectivity index (χ1v) is 19.6. The number of carbonyl (C=O) groups is 7. The Morgan fingerprint density at radius 3 is 2.02 bits per heavy atom. The number of Topliss-reactive ketones (excluding diaryl/α,β-unsaturated/α-hetero) is 1. The van der Waals surface area contributed by atoms with Crippen molar-refractivity contribution in [1.29, 1.82) is 0 Å². The van der Waals surface area contributed by atoms with E-state index in [9.17, 15) is 33.6 Å². The van der Waals surface area contributed by atoms with Crippen molar-refractivity contribution in [1.82, 2.24) is 26.2 Å². The van der Waals surface area contributed by atoms with Gasteiger partial charge in [0.2, 0.25) is 17.6 Å². The molecule has 0 aromatic heterocycles. The van der Waals surface area contributed by atoms with Gasteiger partial charge in [0.05, 0.1) is 19.1 Å². The van der Waals surface area contributed by atoms with E-state index in [0.717, 1.165) is 38.5 Å². The van der Waals surface area contributed by atoms with Crippen molar-refractivity contribution in [2.45, 2.75) is 137 Å². The Morgan fingerprint density at radius 1 is 0.830 bits per heavy atom. The lowest BCUT2D eigenvalue weighted by Crippen LogP contribution is -2.62. The number of nitrogens with one attached hydrogen (secondary N) is 4. The van der Waals surface area contributed by atoms with Crippen LogP contribution in [0.15, 0.2) is 0 Å². The van der Waals surface area contributed by atoms with Gasteiger partial charge in [-0.3, -0.25) is 24.0 Å². The summed E-state index contributed by atoms with van der Waals surface area (Å²) in [5, 5.41) is 11.0. The molecule has 14 nitrogen and oxygen atoms in total. The highest BCUT2D eigenvalue weighted by Gasteiger charge is 2.65. The zero-order chi connectivity index (χ0) is 39.0. The Labute approximate surface area is 313 Å². The standard InChI is InChI=1S/C39H61N5O9/c1-20(2)27-24-18-44(35(49)32(38(3,4)5)43-37(51)42-29(23-13-14-23)36(50)52-19-22-11-12-22)30(28(24)27)33(47)41-25(17-21-9-10-21)31(46)34(48)40-16-15-26(45)53-39(6,7)8/h20-25,27-30,32H,9-19H2,1-8H3,(H,40,48)(H,41,47)(H2,42,43,51)/t24-,25?,27?,28-,29?,30?,32-/m1/s1. The van der Waals surface area contributed by atoms with E-state index in [-0.39, 0.29) is 48.5 Å². The third-order valence-corrected chi connectivity index (χ3v) is 11.1. The molecule has 7 atom stereocenters. The van der Waals surface area contributed by atoms with E-state index in [1.54, 1.807) is 20.8 Å². The third-order valence-electron chi connectivity index (χ3n) is 11.1. The maximum absolute atomic E-state index is 14.5. The number of fused-ring (bicyclic) bond motifs is 1. The first-order chi connectivity index (χ1) is 24.7. The second kappa shape index (κ2) is 15.9. The minimum atomic E-state index is -1.09. The number of carbonyl (C=O) groups excluding carboxylic acids is 7. The number of ketones is 1. The summed E-state index contributed by atoms with van der Waals surface area (Å²) in [6, 6.07) is -4.47. The summed E-state index contributed by atoms with van der Waals surface area (Å²) in [6.07, 6.45) is 5.62. The summed E-state index contributed by atoms with van der Waals surface area (Å²) in [6.45, 7) is 15.4. The monoisotopic (exact) mass is 743 g/mol. The summed E-state index contributed by atoms with van der Waals surface area (Å²) < 4.78 is 10.8. The van der Waals surface area contributed by atoms with E-state index in [4.69, 9.17) is 9.47 Å². The number of rotatable bonds is 17. The molecule has 53 heavy (non-hydrogen) atoms. The Kier molecular flexibility index (Phi) is 12.2. The lowest BCUT2D eigenvalue weighted by atomic mass is 9.85. The molecule has 1 saturated heterocycles. The van der Waals surface area contributed by atoms with Crippen LogP contribution < -0.4 is 21.3 Å². The molecule has 5 fully saturated rings. The fraction of sp³-hybridized carbons (Fsp3) is 0.821. The Morgan fingerprint density at radius 2 is 1.47 bits per heavy atom. The molecule has 1 aliphatic heterocycles. The first-order valence-electron chi connectivity index (χ1n) is 19.6. The molecule has 5 amide bonds. The number of hydrogen-bond donors (Lipinski definition) is 4. The number of urea groups is 1. The molecule has 1 heterocycles. The van der Waals surface area contributed by atoms with Gasteiger partial charge >= 0.3 is 18.0 Å². The van der Waals surface area contributed by atoms with Gasteiger partial charge in [-0.15, -0.1) is 0 Å². The molecule has 0 bridgehead atoms. The first kappa shape index (κ1) is 40.5. The van der Waals surface area contributed by atoms with E-state index in [0.29, 0.717) is 25.5 Å². The largest absolute Gasteiger partial charge is 0.464 e. The van der Waals surface area contributed by atoms with Crippen LogP contribution >= 0.6 is 0 Å².